The second kappa shape index (κ2) is 10.3. The molecule has 5 N–H and O–H groups in total. The summed E-state index contributed by atoms with van der Waals surface area (Å²) in [6.07, 6.45) is 9.91. The molecule has 0 aromatic rings. The Labute approximate surface area is 87.1 Å². The highest BCUT2D eigenvalue weighted by atomic mass is 15.3. The van der Waals surface area contributed by atoms with Crippen LogP contribution in [0, 0.1) is 0 Å². The minimum absolute atomic E-state index is 0.693. The van der Waals surface area contributed by atoms with Gasteiger partial charge in [-0.2, -0.15) is 5.10 Å². The van der Waals surface area contributed by atoms with Gasteiger partial charge >= 0.3 is 0 Å². The van der Waals surface area contributed by atoms with E-state index in [0.29, 0.717) is 5.84 Å². The van der Waals surface area contributed by atoms with Gasteiger partial charge in [0.2, 0.25) is 0 Å². The van der Waals surface area contributed by atoms with Crippen LogP contribution >= 0.6 is 0 Å². The van der Waals surface area contributed by atoms with Gasteiger partial charge in [-0.15, -0.1) is 0 Å². The summed E-state index contributed by atoms with van der Waals surface area (Å²) < 4.78 is 0. The lowest BCUT2D eigenvalue weighted by Gasteiger charge is -2.03. The van der Waals surface area contributed by atoms with Gasteiger partial charge in [0, 0.05) is 6.42 Å². The van der Waals surface area contributed by atoms with Crippen LogP contribution in [0.4, 0.5) is 0 Å². The van der Waals surface area contributed by atoms with Crippen LogP contribution in [0.3, 0.4) is 0 Å². The highest BCUT2D eigenvalue weighted by Crippen LogP contribution is 2.08. The Hall–Kier alpha value is -0.770. The Morgan fingerprint density at radius 3 is 2.14 bits per heavy atom. The fraction of sp³-hybridized carbons (Fsp3) is 0.900. The molecule has 14 heavy (non-hydrogen) atoms. The molecule has 0 aromatic carbocycles. The zero-order valence-electron chi connectivity index (χ0n) is 9.26. The van der Waals surface area contributed by atoms with E-state index in [9.17, 15) is 0 Å². The van der Waals surface area contributed by atoms with E-state index in [4.69, 9.17) is 11.7 Å². The van der Waals surface area contributed by atoms with Crippen molar-refractivity contribution in [3.8, 4) is 0 Å². The third-order valence-corrected chi connectivity index (χ3v) is 2.34. The van der Waals surface area contributed by atoms with Crippen molar-refractivity contribution in [1.29, 1.82) is 0 Å². The fourth-order valence-corrected chi connectivity index (χ4v) is 1.42. The smallest absolute Gasteiger partial charge is 0.135 e. The number of unbranched alkanes of at least 4 members (excludes halogenated alkanes) is 6. The van der Waals surface area contributed by atoms with Gasteiger partial charge in [0.25, 0.3) is 0 Å². The molecule has 0 rings (SSSR count). The largest absolute Gasteiger partial charge is 0.322 e. The second-order valence-electron chi connectivity index (χ2n) is 3.59. The van der Waals surface area contributed by atoms with Gasteiger partial charge in [-0.25, -0.2) is 5.84 Å². The van der Waals surface area contributed by atoms with Crippen LogP contribution in [0.2, 0.25) is 0 Å². The van der Waals surface area contributed by atoms with Crippen molar-refractivity contribution in [2.75, 3.05) is 0 Å². The van der Waals surface area contributed by atoms with E-state index in [2.05, 4.69) is 17.5 Å². The summed E-state index contributed by atoms with van der Waals surface area (Å²) in [5, 5.41) is 3.53. The van der Waals surface area contributed by atoms with Crippen LogP contribution < -0.4 is 17.1 Å². The molecule has 0 aromatic heterocycles. The van der Waals surface area contributed by atoms with Crippen LogP contribution in [0.5, 0.6) is 0 Å². The summed E-state index contributed by atoms with van der Waals surface area (Å²) in [6.45, 7) is 2.23. The average molecular weight is 200 g/mol. The lowest BCUT2D eigenvalue weighted by molar-refractivity contribution is 0.593. The molecule has 0 saturated carbocycles. The molecular weight excluding hydrogens is 176 g/mol. The quantitative estimate of drug-likeness (QED) is 0.184. The third-order valence-electron chi connectivity index (χ3n) is 2.34. The number of hydrogen-bond acceptors (Lipinski definition) is 3. The summed E-state index contributed by atoms with van der Waals surface area (Å²) in [4.78, 5) is 0. The minimum atomic E-state index is 0.693. The standard InChI is InChI=1S/C10H24N4/c1-2-3-4-5-6-7-8-9-10(13-11)14-12/h2-9,11-12H2,1H3,(H,13,14). The second-order valence-corrected chi connectivity index (χ2v) is 3.59. The van der Waals surface area contributed by atoms with Crippen LogP contribution in [0.1, 0.15) is 58.3 Å². The van der Waals surface area contributed by atoms with Gasteiger partial charge in [0.05, 0.1) is 0 Å². The highest BCUT2D eigenvalue weighted by molar-refractivity contribution is 5.81. The molecule has 0 fully saturated rings. The summed E-state index contributed by atoms with van der Waals surface area (Å²) in [5.74, 6) is 11.0. The van der Waals surface area contributed by atoms with Crippen molar-refractivity contribution < 1.29 is 0 Å². The molecular formula is C10H24N4. The van der Waals surface area contributed by atoms with Gasteiger partial charge in [-0.3, -0.25) is 0 Å². The van der Waals surface area contributed by atoms with Crippen LogP contribution in [0.25, 0.3) is 0 Å². The normalized spacial score (nSPS) is 11.7. The first-order chi connectivity index (χ1) is 6.85. The molecule has 0 aliphatic heterocycles. The molecule has 4 heteroatoms. The SMILES string of the molecule is CCCCCCCCCC(=NN)NN. The molecule has 0 amide bonds. The molecule has 4 nitrogen and oxygen atoms in total. The van der Waals surface area contributed by atoms with Crippen molar-refractivity contribution in [3.63, 3.8) is 0 Å². The zero-order valence-corrected chi connectivity index (χ0v) is 9.26. The van der Waals surface area contributed by atoms with E-state index in [0.717, 1.165) is 12.8 Å². The molecule has 0 atom stereocenters. The van der Waals surface area contributed by atoms with Crippen molar-refractivity contribution in [2.24, 2.45) is 16.8 Å². The van der Waals surface area contributed by atoms with Gasteiger partial charge in [0.15, 0.2) is 0 Å². The Morgan fingerprint density at radius 1 is 1.07 bits per heavy atom. The number of amidine groups is 1. The van der Waals surface area contributed by atoms with Gasteiger partial charge in [-0.05, 0) is 6.42 Å². The van der Waals surface area contributed by atoms with E-state index in [1.807, 2.05) is 0 Å². The number of nitrogens with two attached hydrogens (primary N) is 2. The molecule has 0 spiro atoms. The topological polar surface area (TPSA) is 76.4 Å². The third kappa shape index (κ3) is 7.86. The summed E-state index contributed by atoms with van der Waals surface area (Å²) >= 11 is 0. The fourth-order valence-electron chi connectivity index (χ4n) is 1.42. The number of nitrogens with one attached hydrogen (secondary N) is 1. The molecule has 84 valence electrons. The number of hydrogen-bond donors (Lipinski definition) is 3. The highest BCUT2D eigenvalue weighted by Gasteiger charge is 1.95. The zero-order chi connectivity index (χ0) is 10.6. The number of hydrazine groups is 1. The molecule has 0 heterocycles. The van der Waals surface area contributed by atoms with Crippen molar-refractivity contribution >= 4 is 5.84 Å². The molecule has 0 saturated heterocycles. The Kier molecular flexibility index (Phi) is 9.74. The van der Waals surface area contributed by atoms with E-state index >= 15 is 0 Å². The first-order valence-electron chi connectivity index (χ1n) is 5.58. The van der Waals surface area contributed by atoms with Gasteiger partial charge in [-0.1, -0.05) is 45.4 Å². The van der Waals surface area contributed by atoms with Crippen LogP contribution in [-0.2, 0) is 0 Å². The van der Waals surface area contributed by atoms with Crippen LogP contribution in [-0.4, -0.2) is 5.84 Å². The molecule has 0 unspecified atom stereocenters. The van der Waals surface area contributed by atoms with Crippen molar-refractivity contribution in [1.82, 2.24) is 5.43 Å². The molecule has 0 bridgehead atoms. The monoisotopic (exact) mass is 200 g/mol. The maximum atomic E-state index is 5.20. The first kappa shape index (κ1) is 13.2. The Bertz CT molecular complexity index is 145. The number of nitrogens with zero attached hydrogens (tertiary/aromatic N) is 1. The summed E-state index contributed by atoms with van der Waals surface area (Å²) in [5.41, 5.74) is 2.49. The van der Waals surface area contributed by atoms with Crippen molar-refractivity contribution in [2.45, 2.75) is 58.3 Å². The van der Waals surface area contributed by atoms with Crippen LogP contribution in [0.15, 0.2) is 5.10 Å². The van der Waals surface area contributed by atoms with Gasteiger partial charge in [0.1, 0.15) is 5.84 Å². The van der Waals surface area contributed by atoms with E-state index in [1.165, 1.54) is 38.5 Å². The van der Waals surface area contributed by atoms with E-state index in [-0.39, 0.29) is 0 Å². The maximum absolute atomic E-state index is 5.20. The first-order valence-corrected chi connectivity index (χ1v) is 5.58. The number of rotatable bonds is 8. The predicted molar refractivity (Wildman–Crippen MR) is 61.6 cm³/mol. The molecule has 0 radical (unpaired) electrons. The maximum Gasteiger partial charge on any atom is 0.135 e. The van der Waals surface area contributed by atoms with E-state index < -0.39 is 0 Å². The van der Waals surface area contributed by atoms with E-state index in [1.54, 1.807) is 0 Å². The number of hydrazone groups is 1. The molecule has 0 aliphatic rings. The average Bonchev–Trinajstić information content (AvgIpc) is 2.22. The Morgan fingerprint density at radius 2 is 1.64 bits per heavy atom. The minimum Gasteiger partial charge on any atom is -0.322 e. The lowest BCUT2D eigenvalue weighted by Crippen LogP contribution is -2.31. The predicted octanol–water partition coefficient (Wildman–Crippen LogP) is 1.86. The van der Waals surface area contributed by atoms with Gasteiger partial charge < -0.3 is 11.3 Å². The summed E-state index contributed by atoms with van der Waals surface area (Å²) in [7, 11) is 0. The Balaban J connectivity index is 3.13. The molecule has 0 aliphatic carbocycles. The lowest BCUT2D eigenvalue weighted by atomic mass is 10.1. The summed E-state index contributed by atoms with van der Waals surface area (Å²) in [6, 6.07) is 0. The van der Waals surface area contributed by atoms with Crippen molar-refractivity contribution in [3.05, 3.63) is 0 Å².